The Morgan fingerprint density at radius 2 is 1.81 bits per heavy atom. The number of carbonyl (C=O) groups is 1. The second kappa shape index (κ2) is 12.2. The van der Waals surface area contributed by atoms with E-state index in [1.165, 1.54) is 0 Å². The van der Waals surface area contributed by atoms with Gasteiger partial charge in [-0.25, -0.2) is 0 Å². The van der Waals surface area contributed by atoms with Crippen LogP contribution in [0.4, 0.5) is 0 Å². The van der Waals surface area contributed by atoms with Gasteiger partial charge in [-0.2, -0.15) is 0 Å². The lowest BCUT2D eigenvalue weighted by molar-refractivity contribution is 0.0950. The third kappa shape index (κ3) is 7.12. The zero-order chi connectivity index (χ0) is 18.8. The lowest BCUT2D eigenvalue weighted by Gasteiger charge is -2.15. The summed E-state index contributed by atoms with van der Waals surface area (Å²) < 4.78 is 11.4. The molecule has 0 aliphatic carbocycles. The number of carbonyl (C=O) groups excluding carboxylic acids is 1. The summed E-state index contributed by atoms with van der Waals surface area (Å²) in [7, 11) is 0. The molecule has 148 valence electrons. The van der Waals surface area contributed by atoms with E-state index >= 15 is 0 Å². The topological polar surface area (TPSA) is 73.6 Å². The molecule has 0 bridgehead atoms. The summed E-state index contributed by atoms with van der Waals surface area (Å²) in [5.74, 6) is 1.07. The highest BCUT2D eigenvalue weighted by Crippen LogP contribution is 2.28. The van der Waals surface area contributed by atoms with Gasteiger partial charge in [-0.05, 0) is 37.1 Å². The van der Waals surface area contributed by atoms with Crippen LogP contribution < -0.4 is 20.5 Å². The predicted octanol–water partition coefficient (Wildman–Crippen LogP) is 4.12. The molecule has 0 heterocycles. The maximum absolute atomic E-state index is 12.4. The minimum Gasteiger partial charge on any atom is -0.490 e. The van der Waals surface area contributed by atoms with Gasteiger partial charge >= 0.3 is 0 Å². The van der Waals surface area contributed by atoms with Crippen LogP contribution in [0.25, 0.3) is 0 Å². The van der Waals surface area contributed by atoms with Crippen LogP contribution in [0.15, 0.2) is 48.5 Å². The molecule has 1 atom stereocenters. The van der Waals surface area contributed by atoms with Gasteiger partial charge in [-0.1, -0.05) is 43.7 Å². The normalized spacial score (nSPS) is 11.2. The summed E-state index contributed by atoms with van der Waals surface area (Å²) in [5, 5.41) is 2.88. The largest absolute Gasteiger partial charge is 0.490 e. The van der Waals surface area contributed by atoms with Gasteiger partial charge in [0.15, 0.2) is 11.5 Å². The van der Waals surface area contributed by atoms with Crippen molar-refractivity contribution in [3.63, 3.8) is 0 Å². The molecule has 5 nitrogen and oxygen atoms in total. The first-order valence-electron chi connectivity index (χ1n) is 9.14. The summed E-state index contributed by atoms with van der Waals surface area (Å²) in [5.41, 5.74) is 7.64. The third-order valence-corrected chi connectivity index (χ3v) is 3.97. The average Bonchev–Trinajstić information content (AvgIpc) is 2.68. The summed E-state index contributed by atoms with van der Waals surface area (Å²) in [6.07, 6.45) is 2.04. The van der Waals surface area contributed by atoms with Crippen molar-refractivity contribution in [3.8, 4) is 11.5 Å². The van der Waals surface area contributed by atoms with Gasteiger partial charge in [-0.3, -0.25) is 4.79 Å². The van der Waals surface area contributed by atoms with Gasteiger partial charge in [0, 0.05) is 18.2 Å². The van der Waals surface area contributed by atoms with Crippen molar-refractivity contribution >= 4 is 18.3 Å². The molecule has 0 saturated carbocycles. The summed E-state index contributed by atoms with van der Waals surface area (Å²) in [4.78, 5) is 12.4. The molecular weight excluding hydrogens is 364 g/mol. The second-order valence-electron chi connectivity index (χ2n) is 6.02. The number of hydrogen-bond acceptors (Lipinski definition) is 4. The maximum Gasteiger partial charge on any atom is 0.251 e. The minimum absolute atomic E-state index is 0. The minimum atomic E-state index is -0.247. The Labute approximate surface area is 167 Å². The zero-order valence-corrected chi connectivity index (χ0v) is 16.8. The molecular formula is C21H29ClN2O3. The first-order valence-corrected chi connectivity index (χ1v) is 9.14. The molecule has 2 aromatic rings. The predicted molar refractivity (Wildman–Crippen MR) is 111 cm³/mol. The lowest BCUT2D eigenvalue weighted by atomic mass is 10.1. The van der Waals surface area contributed by atoms with Crippen LogP contribution in [-0.2, 0) is 0 Å². The molecule has 0 aromatic heterocycles. The molecule has 2 rings (SSSR count). The van der Waals surface area contributed by atoms with Crippen LogP contribution in [0.3, 0.4) is 0 Å². The Morgan fingerprint density at radius 3 is 2.48 bits per heavy atom. The fourth-order valence-electron chi connectivity index (χ4n) is 2.49. The highest BCUT2D eigenvalue weighted by atomic mass is 35.5. The van der Waals surface area contributed by atoms with Gasteiger partial charge < -0.3 is 20.5 Å². The first-order chi connectivity index (χ1) is 12.7. The number of amides is 1. The van der Waals surface area contributed by atoms with E-state index in [2.05, 4.69) is 12.2 Å². The highest BCUT2D eigenvalue weighted by molar-refractivity contribution is 5.94. The van der Waals surface area contributed by atoms with E-state index in [1.807, 2.05) is 37.3 Å². The first kappa shape index (κ1) is 22.8. The number of halogens is 1. The molecule has 0 spiro atoms. The van der Waals surface area contributed by atoms with E-state index in [1.54, 1.807) is 18.2 Å². The van der Waals surface area contributed by atoms with Crippen LogP contribution in [0.1, 0.15) is 48.7 Å². The molecule has 6 heteroatoms. The molecule has 0 saturated heterocycles. The van der Waals surface area contributed by atoms with Crippen molar-refractivity contribution in [1.29, 1.82) is 0 Å². The second-order valence-corrected chi connectivity index (χ2v) is 6.02. The summed E-state index contributed by atoms with van der Waals surface area (Å²) in [6, 6.07) is 14.7. The monoisotopic (exact) mass is 392 g/mol. The van der Waals surface area contributed by atoms with Gasteiger partial charge in [0.05, 0.1) is 13.2 Å². The Bertz CT molecular complexity index is 695. The van der Waals surface area contributed by atoms with E-state index < -0.39 is 0 Å². The number of hydrogen-bond donors (Lipinski definition) is 2. The molecule has 1 amide bonds. The molecule has 0 aliphatic rings. The Hall–Kier alpha value is -2.24. The van der Waals surface area contributed by atoms with Crippen molar-refractivity contribution in [2.75, 3.05) is 19.8 Å². The summed E-state index contributed by atoms with van der Waals surface area (Å²) in [6.45, 7) is 5.52. The van der Waals surface area contributed by atoms with Gasteiger partial charge in [0.2, 0.25) is 0 Å². The molecule has 0 radical (unpaired) electrons. The van der Waals surface area contributed by atoms with E-state index in [9.17, 15) is 4.79 Å². The Kier molecular flexibility index (Phi) is 10.3. The average molecular weight is 393 g/mol. The van der Waals surface area contributed by atoms with Gasteiger partial charge in [0.1, 0.15) is 0 Å². The molecule has 2 aromatic carbocycles. The number of rotatable bonds is 10. The van der Waals surface area contributed by atoms with Crippen LogP contribution in [0, 0.1) is 0 Å². The van der Waals surface area contributed by atoms with Crippen LogP contribution >= 0.6 is 12.4 Å². The lowest BCUT2D eigenvalue weighted by Crippen LogP contribution is -2.31. The standard InChI is InChI=1S/C21H28N2O3.ClH/c1-3-5-13-26-19-12-11-17(14-20(19)25-4-2)21(24)23-15-18(22)16-9-7-6-8-10-16;/h6-12,14,18H,3-5,13,15,22H2,1-2H3,(H,23,24);1H. The number of benzene rings is 2. The quantitative estimate of drug-likeness (QED) is 0.596. The number of unbranched alkanes of at least 4 members (excludes halogenated alkanes) is 1. The van der Waals surface area contributed by atoms with Crippen LogP contribution in [0.5, 0.6) is 11.5 Å². The zero-order valence-electron chi connectivity index (χ0n) is 15.9. The molecule has 27 heavy (non-hydrogen) atoms. The van der Waals surface area contributed by atoms with E-state index in [0.717, 1.165) is 18.4 Å². The molecule has 0 aliphatic heterocycles. The van der Waals surface area contributed by atoms with Crippen LogP contribution in [0.2, 0.25) is 0 Å². The molecule has 0 fully saturated rings. The van der Waals surface area contributed by atoms with E-state index in [-0.39, 0.29) is 24.4 Å². The Balaban J connectivity index is 0.00000364. The summed E-state index contributed by atoms with van der Waals surface area (Å²) >= 11 is 0. The fraction of sp³-hybridized carbons (Fsp3) is 0.381. The van der Waals surface area contributed by atoms with Crippen molar-refractivity contribution in [2.24, 2.45) is 5.73 Å². The number of nitrogens with one attached hydrogen (secondary N) is 1. The van der Waals surface area contributed by atoms with Crippen molar-refractivity contribution in [3.05, 3.63) is 59.7 Å². The molecule has 3 N–H and O–H groups in total. The Morgan fingerprint density at radius 1 is 1.07 bits per heavy atom. The van der Waals surface area contributed by atoms with Crippen molar-refractivity contribution in [2.45, 2.75) is 32.7 Å². The third-order valence-electron chi connectivity index (χ3n) is 3.97. The smallest absolute Gasteiger partial charge is 0.251 e. The maximum atomic E-state index is 12.4. The van der Waals surface area contributed by atoms with Gasteiger partial charge in [0.25, 0.3) is 5.91 Å². The van der Waals surface area contributed by atoms with Crippen LogP contribution in [-0.4, -0.2) is 25.7 Å². The van der Waals surface area contributed by atoms with Gasteiger partial charge in [-0.15, -0.1) is 12.4 Å². The van der Waals surface area contributed by atoms with Crippen molar-refractivity contribution in [1.82, 2.24) is 5.32 Å². The van der Waals surface area contributed by atoms with E-state index in [4.69, 9.17) is 15.2 Å². The SMILES string of the molecule is CCCCOc1ccc(C(=O)NCC(N)c2ccccc2)cc1OCC.Cl. The number of nitrogens with two attached hydrogens (primary N) is 1. The number of ether oxygens (including phenoxy) is 2. The highest BCUT2D eigenvalue weighted by Gasteiger charge is 2.13. The van der Waals surface area contributed by atoms with Crippen molar-refractivity contribution < 1.29 is 14.3 Å². The van der Waals surface area contributed by atoms with E-state index in [0.29, 0.717) is 36.8 Å². The fourth-order valence-corrected chi connectivity index (χ4v) is 2.49. The molecule has 1 unspecified atom stereocenters.